The van der Waals surface area contributed by atoms with Crippen LogP contribution in [0, 0.1) is 13.8 Å². The maximum absolute atomic E-state index is 13.4. The van der Waals surface area contributed by atoms with Gasteiger partial charge in [-0.25, -0.2) is 13.1 Å². The zero-order valence-corrected chi connectivity index (χ0v) is 18.7. The van der Waals surface area contributed by atoms with Crippen LogP contribution in [0.3, 0.4) is 0 Å². The molecule has 4 rings (SSSR count). The molecule has 30 heavy (non-hydrogen) atoms. The molecule has 3 aromatic rings. The molecule has 0 unspecified atom stereocenters. The van der Waals surface area contributed by atoms with Crippen LogP contribution in [-0.4, -0.2) is 53.6 Å². The lowest BCUT2D eigenvalue weighted by atomic mass is 10.2. The molecule has 1 saturated heterocycles. The van der Waals surface area contributed by atoms with E-state index in [0.29, 0.717) is 42.5 Å². The minimum absolute atomic E-state index is 0.311. The molecule has 0 aliphatic carbocycles. The van der Waals surface area contributed by atoms with Crippen LogP contribution in [0.4, 0.5) is 0 Å². The maximum Gasteiger partial charge on any atom is 0.246 e. The highest BCUT2D eigenvalue weighted by atomic mass is 35.5. The van der Waals surface area contributed by atoms with Crippen LogP contribution in [-0.2, 0) is 16.6 Å². The number of sulfonamides is 1. The van der Waals surface area contributed by atoms with Gasteiger partial charge in [-0.2, -0.15) is 9.40 Å². The molecule has 2 heterocycles. The van der Waals surface area contributed by atoms with Crippen molar-refractivity contribution in [3.8, 4) is 5.69 Å². The van der Waals surface area contributed by atoms with Gasteiger partial charge in [0.2, 0.25) is 10.0 Å². The lowest BCUT2D eigenvalue weighted by Crippen LogP contribution is -2.48. The van der Waals surface area contributed by atoms with E-state index in [0.717, 1.165) is 22.8 Å². The van der Waals surface area contributed by atoms with Crippen molar-refractivity contribution in [2.75, 3.05) is 26.2 Å². The van der Waals surface area contributed by atoms with Crippen molar-refractivity contribution in [2.45, 2.75) is 25.3 Å². The van der Waals surface area contributed by atoms with Crippen LogP contribution in [0.15, 0.2) is 59.5 Å². The van der Waals surface area contributed by atoms with Gasteiger partial charge in [0.25, 0.3) is 0 Å². The summed E-state index contributed by atoms with van der Waals surface area (Å²) in [5, 5.41) is 5.25. The summed E-state index contributed by atoms with van der Waals surface area (Å²) >= 11 is 6.27. The number of para-hydroxylation sites is 1. The van der Waals surface area contributed by atoms with Crippen molar-refractivity contribution < 1.29 is 8.42 Å². The third-order valence-corrected chi connectivity index (χ3v) is 8.03. The highest BCUT2D eigenvalue weighted by Crippen LogP contribution is 2.27. The van der Waals surface area contributed by atoms with Crippen LogP contribution in [0.25, 0.3) is 5.69 Å². The molecular formula is C22H25ClN4O2S. The van der Waals surface area contributed by atoms with Crippen molar-refractivity contribution in [1.29, 1.82) is 0 Å². The number of nitrogens with zero attached hydrogens (tertiary/aromatic N) is 4. The van der Waals surface area contributed by atoms with Crippen LogP contribution in [0.1, 0.15) is 17.0 Å². The summed E-state index contributed by atoms with van der Waals surface area (Å²) in [6.45, 7) is 6.51. The van der Waals surface area contributed by atoms with E-state index in [-0.39, 0.29) is 0 Å². The summed E-state index contributed by atoms with van der Waals surface area (Å²) in [4.78, 5) is 2.55. The SMILES string of the molecule is Cc1nn(-c2ccccc2)c(C)c1S(=O)(=O)N1CCN(Cc2ccccc2Cl)CC1. The fraction of sp³-hybridized carbons (Fsp3) is 0.318. The first-order chi connectivity index (χ1) is 14.4. The molecule has 1 fully saturated rings. The van der Waals surface area contributed by atoms with Crippen LogP contribution in [0.5, 0.6) is 0 Å². The maximum atomic E-state index is 13.4. The number of piperazine rings is 1. The highest BCUT2D eigenvalue weighted by molar-refractivity contribution is 7.89. The quantitative estimate of drug-likeness (QED) is 0.602. The van der Waals surface area contributed by atoms with Crippen molar-refractivity contribution in [3.05, 3.63) is 76.6 Å². The van der Waals surface area contributed by atoms with E-state index in [1.54, 1.807) is 15.9 Å². The van der Waals surface area contributed by atoms with Gasteiger partial charge >= 0.3 is 0 Å². The number of hydrogen-bond donors (Lipinski definition) is 0. The third-order valence-electron chi connectivity index (χ3n) is 5.51. The van der Waals surface area contributed by atoms with Crippen molar-refractivity contribution in [2.24, 2.45) is 0 Å². The first-order valence-electron chi connectivity index (χ1n) is 9.95. The number of benzene rings is 2. The minimum Gasteiger partial charge on any atom is -0.296 e. The molecule has 0 bridgehead atoms. The molecule has 0 N–H and O–H groups in total. The predicted octanol–water partition coefficient (Wildman–Crippen LogP) is 3.65. The summed E-state index contributed by atoms with van der Waals surface area (Å²) in [5.74, 6) is 0. The number of rotatable bonds is 5. The van der Waals surface area contributed by atoms with Crippen molar-refractivity contribution >= 4 is 21.6 Å². The van der Waals surface area contributed by atoms with E-state index in [4.69, 9.17) is 11.6 Å². The lowest BCUT2D eigenvalue weighted by molar-refractivity contribution is 0.181. The van der Waals surface area contributed by atoms with E-state index >= 15 is 0 Å². The van der Waals surface area contributed by atoms with Gasteiger partial charge in [0, 0.05) is 37.7 Å². The Morgan fingerprint density at radius 2 is 1.57 bits per heavy atom. The van der Waals surface area contributed by atoms with Crippen LogP contribution >= 0.6 is 11.6 Å². The van der Waals surface area contributed by atoms with E-state index < -0.39 is 10.0 Å². The molecule has 0 spiro atoms. The van der Waals surface area contributed by atoms with Gasteiger partial charge in [0.05, 0.1) is 17.1 Å². The summed E-state index contributed by atoms with van der Waals surface area (Å²) in [7, 11) is -3.62. The topological polar surface area (TPSA) is 58.4 Å². The zero-order valence-electron chi connectivity index (χ0n) is 17.1. The second-order valence-electron chi connectivity index (χ2n) is 7.52. The average Bonchev–Trinajstić information content (AvgIpc) is 3.05. The summed E-state index contributed by atoms with van der Waals surface area (Å²) in [5.41, 5.74) is 3.07. The zero-order chi connectivity index (χ0) is 21.3. The molecule has 1 aliphatic heterocycles. The Labute approximate surface area is 182 Å². The molecule has 8 heteroatoms. The Kier molecular flexibility index (Phi) is 5.97. The molecule has 6 nitrogen and oxygen atoms in total. The smallest absolute Gasteiger partial charge is 0.246 e. The first-order valence-corrected chi connectivity index (χ1v) is 11.8. The number of aryl methyl sites for hydroxylation is 1. The van der Waals surface area contributed by atoms with Crippen molar-refractivity contribution in [3.63, 3.8) is 0 Å². The number of aromatic nitrogens is 2. The third kappa shape index (κ3) is 4.03. The minimum atomic E-state index is -3.62. The Morgan fingerprint density at radius 1 is 0.933 bits per heavy atom. The molecule has 0 atom stereocenters. The second-order valence-corrected chi connectivity index (χ2v) is 9.80. The molecule has 1 aromatic heterocycles. The average molecular weight is 445 g/mol. The van der Waals surface area contributed by atoms with E-state index in [1.165, 1.54) is 0 Å². The highest BCUT2D eigenvalue weighted by Gasteiger charge is 2.33. The number of hydrogen-bond acceptors (Lipinski definition) is 4. The Bertz CT molecular complexity index is 1140. The molecular weight excluding hydrogens is 420 g/mol. The fourth-order valence-corrected chi connectivity index (χ4v) is 5.92. The van der Waals surface area contributed by atoms with E-state index in [2.05, 4.69) is 10.00 Å². The standard InChI is InChI=1S/C22H25ClN4O2S/c1-17-22(18(2)27(24-17)20-9-4-3-5-10-20)30(28,29)26-14-12-25(13-15-26)16-19-8-6-7-11-21(19)23/h3-11H,12-16H2,1-2H3. The molecule has 158 valence electrons. The predicted molar refractivity (Wildman–Crippen MR) is 119 cm³/mol. The molecule has 0 saturated carbocycles. The normalized spacial score (nSPS) is 16.1. The second kappa shape index (κ2) is 8.51. The lowest BCUT2D eigenvalue weighted by Gasteiger charge is -2.34. The summed E-state index contributed by atoms with van der Waals surface area (Å²) < 4.78 is 30.1. The van der Waals surface area contributed by atoms with Gasteiger partial charge in [-0.15, -0.1) is 0 Å². The van der Waals surface area contributed by atoms with Crippen LogP contribution in [0.2, 0.25) is 5.02 Å². The Hall–Kier alpha value is -2.19. The molecule has 0 radical (unpaired) electrons. The van der Waals surface area contributed by atoms with Gasteiger partial charge < -0.3 is 0 Å². The summed E-state index contributed by atoms with van der Waals surface area (Å²) in [6.07, 6.45) is 0. The Morgan fingerprint density at radius 3 is 2.23 bits per heavy atom. The monoisotopic (exact) mass is 444 g/mol. The summed E-state index contributed by atoms with van der Waals surface area (Å²) in [6, 6.07) is 17.4. The largest absolute Gasteiger partial charge is 0.296 e. The van der Waals surface area contributed by atoms with Crippen LogP contribution < -0.4 is 0 Å². The molecule has 0 amide bonds. The number of halogens is 1. The van der Waals surface area contributed by atoms with Gasteiger partial charge in [-0.3, -0.25) is 4.90 Å². The van der Waals surface area contributed by atoms with Gasteiger partial charge in [0.15, 0.2) is 0 Å². The van der Waals surface area contributed by atoms with Gasteiger partial charge in [-0.05, 0) is 37.6 Å². The molecule has 2 aromatic carbocycles. The molecule has 1 aliphatic rings. The fourth-order valence-electron chi connectivity index (χ4n) is 3.95. The van der Waals surface area contributed by atoms with Crippen molar-refractivity contribution in [1.82, 2.24) is 19.0 Å². The van der Waals surface area contributed by atoms with E-state index in [9.17, 15) is 8.42 Å². The first kappa shape index (κ1) is 21.1. The van der Waals surface area contributed by atoms with Gasteiger partial charge in [0.1, 0.15) is 4.90 Å². The Balaban J connectivity index is 1.52. The van der Waals surface area contributed by atoms with E-state index in [1.807, 2.05) is 61.5 Å². The van der Waals surface area contributed by atoms with Gasteiger partial charge in [-0.1, -0.05) is 48.0 Å².